The number of carbonyl (C=O) groups excluding carboxylic acids is 1. The molecule has 4 N–H and O–H groups in total. The molecule has 1 rings (SSSR count). The molecule has 0 radical (unpaired) electrons. The number of carbonyl (C=O) groups is 1. The van der Waals surface area contributed by atoms with Crippen LogP contribution < -0.4 is 15.8 Å². The summed E-state index contributed by atoms with van der Waals surface area (Å²) in [5, 5.41) is 11.0. The van der Waals surface area contributed by atoms with E-state index in [2.05, 4.69) is 10.6 Å². The van der Waals surface area contributed by atoms with Crippen LogP contribution in [0.4, 0.5) is 0 Å². The summed E-state index contributed by atoms with van der Waals surface area (Å²) in [4.78, 5) is 12.0. The van der Waals surface area contributed by atoms with Gasteiger partial charge in [-0.3, -0.25) is 4.79 Å². The molecular formula is C13H21N3O3S. The Morgan fingerprint density at radius 3 is 2.45 bits per heavy atom. The second-order valence-electron chi connectivity index (χ2n) is 4.57. The van der Waals surface area contributed by atoms with Crippen LogP contribution in [0, 0.1) is 13.8 Å². The molecule has 0 spiro atoms. The van der Waals surface area contributed by atoms with Gasteiger partial charge in [0.15, 0.2) is 0 Å². The van der Waals surface area contributed by atoms with Crippen molar-refractivity contribution in [1.29, 1.82) is 0 Å². The van der Waals surface area contributed by atoms with Crippen LogP contribution in [-0.4, -0.2) is 34.0 Å². The molecule has 0 bridgehead atoms. The van der Waals surface area contributed by atoms with Gasteiger partial charge in [0.25, 0.3) is 5.91 Å². The number of benzene rings is 1. The molecule has 0 aliphatic heterocycles. The lowest BCUT2D eigenvalue weighted by Crippen LogP contribution is -2.32. The summed E-state index contributed by atoms with van der Waals surface area (Å²) in [6.07, 6.45) is 0. The molecule has 20 heavy (non-hydrogen) atoms. The Morgan fingerprint density at radius 2 is 1.90 bits per heavy atom. The lowest BCUT2D eigenvalue weighted by molar-refractivity contribution is 0.0953. The molecule has 0 fully saturated rings. The number of hydrogen-bond acceptors (Lipinski definition) is 4. The third kappa shape index (κ3) is 4.29. The second kappa shape index (κ2) is 6.83. The van der Waals surface area contributed by atoms with E-state index < -0.39 is 10.0 Å². The Bertz CT molecular complexity index is 597. The van der Waals surface area contributed by atoms with Gasteiger partial charge in [0.1, 0.15) is 0 Å². The zero-order valence-electron chi connectivity index (χ0n) is 12.0. The molecule has 1 aromatic carbocycles. The Labute approximate surface area is 119 Å². The molecule has 0 unspecified atom stereocenters. The topological polar surface area (TPSA) is 101 Å². The van der Waals surface area contributed by atoms with Gasteiger partial charge in [0.05, 0.1) is 4.90 Å². The minimum Gasteiger partial charge on any atom is -0.351 e. The zero-order chi connectivity index (χ0) is 15.3. The summed E-state index contributed by atoms with van der Waals surface area (Å²) in [5.74, 6) is -0.309. The number of rotatable bonds is 6. The van der Waals surface area contributed by atoms with Crippen molar-refractivity contribution in [3.63, 3.8) is 0 Å². The van der Waals surface area contributed by atoms with E-state index in [-0.39, 0.29) is 10.8 Å². The van der Waals surface area contributed by atoms with Crippen LogP contribution in [0.25, 0.3) is 0 Å². The molecule has 7 heteroatoms. The van der Waals surface area contributed by atoms with Crippen molar-refractivity contribution in [3.05, 3.63) is 28.8 Å². The van der Waals surface area contributed by atoms with E-state index in [1.54, 1.807) is 19.9 Å². The number of hydrogen-bond donors (Lipinski definition) is 3. The summed E-state index contributed by atoms with van der Waals surface area (Å²) >= 11 is 0. The van der Waals surface area contributed by atoms with E-state index in [1.807, 2.05) is 6.92 Å². The van der Waals surface area contributed by atoms with E-state index in [9.17, 15) is 13.2 Å². The number of likely N-dealkylation sites (N-methyl/N-ethyl adjacent to an activating group) is 1. The first-order valence-electron chi connectivity index (χ1n) is 6.40. The average molecular weight is 299 g/mol. The van der Waals surface area contributed by atoms with Gasteiger partial charge in [-0.05, 0) is 43.7 Å². The molecule has 0 atom stereocenters. The highest BCUT2D eigenvalue weighted by Crippen LogP contribution is 2.19. The Balaban J connectivity index is 2.97. The number of nitrogens with two attached hydrogens (primary N) is 1. The van der Waals surface area contributed by atoms with Gasteiger partial charge in [-0.25, -0.2) is 13.6 Å². The van der Waals surface area contributed by atoms with Crippen molar-refractivity contribution in [2.45, 2.75) is 25.7 Å². The standard InChI is InChI=1S/C13H21N3O3S/c1-4-15-5-6-16-13(17)11-7-9(2)10(3)12(8-11)20(14,18)19/h7-8,15H,4-6H2,1-3H3,(H,16,17)(H2,14,18,19). The highest BCUT2D eigenvalue weighted by atomic mass is 32.2. The molecule has 1 amide bonds. The Hall–Kier alpha value is -1.44. The smallest absolute Gasteiger partial charge is 0.251 e. The first-order chi connectivity index (χ1) is 9.27. The first-order valence-corrected chi connectivity index (χ1v) is 7.95. The molecule has 0 saturated heterocycles. The van der Waals surface area contributed by atoms with E-state index in [0.717, 1.165) is 6.54 Å². The van der Waals surface area contributed by atoms with Crippen LogP contribution in [0.5, 0.6) is 0 Å². The molecule has 0 aliphatic carbocycles. The van der Waals surface area contributed by atoms with E-state index in [1.165, 1.54) is 6.07 Å². The van der Waals surface area contributed by atoms with Gasteiger partial charge in [-0.2, -0.15) is 0 Å². The van der Waals surface area contributed by atoms with Gasteiger partial charge in [-0.1, -0.05) is 6.92 Å². The van der Waals surface area contributed by atoms with Crippen molar-refractivity contribution in [1.82, 2.24) is 10.6 Å². The lowest BCUT2D eigenvalue weighted by Gasteiger charge is -2.11. The maximum absolute atomic E-state index is 12.0. The van der Waals surface area contributed by atoms with Gasteiger partial charge in [0.2, 0.25) is 10.0 Å². The minimum atomic E-state index is -3.83. The predicted molar refractivity (Wildman–Crippen MR) is 78.2 cm³/mol. The van der Waals surface area contributed by atoms with E-state index >= 15 is 0 Å². The molecule has 0 aromatic heterocycles. The van der Waals surface area contributed by atoms with Crippen LogP contribution in [0.3, 0.4) is 0 Å². The third-order valence-corrected chi connectivity index (χ3v) is 4.06. The molecule has 0 aliphatic rings. The average Bonchev–Trinajstić information content (AvgIpc) is 2.36. The molecular weight excluding hydrogens is 278 g/mol. The molecule has 0 saturated carbocycles. The normalized spacial score (nSPS) is 11.4. The van der Waals surface area contributed by atoms with Gasteiger partial charge in [0, 0.05) is 18.7 Å². The van der Waals surface area contributed by atoms with Crippen LogP contribution in [0.15, 0.2) is 17.0 Å². The highest BCUT2D eigenvalue weighted by molar-refractivity contribution is 7.89. The van der Waals surface area contributed by atoms with E-state index in [0.29, 0.717) is 29.8 Å². The summed E-state index contributed by atoms with van der Waals surface area (Å²) in [5.41, 5.74) is 1.58. The van der Waals surface area contributed by atoms with E-state index in [4.69, 9.17) is 5.14 Å². The fourth-order valence-corrected chi connectivity index (χ4v) is 2.68. The van der Waals surface area contributed by atoms with Crippen molar-refractivity contribution < 1.29 is 13.2 Å². The van der Waals surface area contributed by atoms with Gasteiger partial charge < -0.3 is 10.6 Å². The predicted octanol–water partition coefficient (Wildman–Crippen LogP) is 0.290. The Kier molecular flexibility index (Phi) is 5.67. The van der Waals surface area contributed by atoms with Crippen molar-refractivity contribution >= 4 is 15.9 Å². The molecule has 6 nitrogen and oxygen atoms in total. The molecule has 1 aromatic rings. The summed E-state index contributed by atoms with van der Waals surface area (Å²) in [7, 11) is -3.83. The molecule has 112 valence electrons. The fraction of sp³-hybridized carbons (Fsp3) is 0.462. The monoisotopic (exact) mass is 299 g/mol. The van der Waals surface area contributed by atoms with Crippen LogP contribution in [-0.2, 0) is 10.0 Å². The summed E-state index contributed by atoms with van der Waals surface area (Å²) in [6.45, 7) is 7.36. The van der Waals surface area contributed by atoms with Crippen molar-refractivity contribution in [2.75, 3.05) is 19.6 Å². The van der Waals surface area contributed by atoms with Crippen molar-refractivity contribution in [3.8, 4) is 0 Å². The number of sulfonamides is 1. The number of aryl methyl sites for hydroxylation is 1. The zero-order valence-corrected chi connectivity index (χ0v) is 12.8. The number of primary sulfonamides is 1. The van der Waals surface area contributed by atoms with Gasteiger partial charge in [-0.15, -0.1) is 0 Å². The second-order valence-corrected chi connectivity index (χ2v) is 6.10. The lowest BCUT2D eigenvalue weighted by atomic mass is 10.1. The quantitative estimate of drug-likeness (QED) is 0.657. The summed E-state index contributed by atoms with van der Waals surface area (Å²) < 4.78 is 23.0. The SMILES string of the molecule is CCNCCNC(=O)c1cc(C)c(C)c(S(N)(=O)=O)c1. The highest BCUT2D eigenvalue weighted by Gasteiger charge is 2.17. The van der Waals surface area contributed by atoms with Crippen LogP contribution in [0.1, 0.15) is 28.4 Å². The number of nitrogens with one attached hydrogen (secondary N) is 2. The fourth-order valence-electron chi connectivity index (χ4n) is 1.80. The Morgan fingerprint density at radius 1 is 1.25 bits per heavy atom. The van der Waals surface area contributed by atoms with Crippen LogP contribution >= 0.6 is 0 Å². The first kappa shape index (κ1) is 16.6. The van der Waals surface area contributed by atoms with Gasteiger partial charge >= 0.3 is 0 Å². The maximum atomic E-state index is 12.0. The summed E-state index contributed by atoms with van der Waals surface area (Å²) in [6, 6.07) is 2.98. The minimum absolute atomic E-state index is 0.00525. The largest absolute Gasteiger partial charge is 0.351 e. The van der Waals surface area contributed by atoms with Crippen molar-refractivity contribution in [2.24, 2.45) is 5.14 Å². The number of amides is 1. The molecule has 0 heterocycles. The van der Waals surface area contributed by atoms with Crippen LogP contribution in [0.2, 0.25) is 0 Å². The third-order valence-electron chi connectivity index (χ3n) is 3.03. The maximum Gasteiger partial charge on any atom is 0.251 e.